The summed E-state index contributed by atoms with van der Waals surface area (Å²) in [7, 11) is 0. The molecule has 0 bridgehead atoms. The minimum Gasteiger partial charge on any atom is -0.360 e. The van der Waals surface area contributed by atoms with E-state index in [1.807, 2.05) is 0 Å². The van der Waals surface area contributed by atoms with Crippen molar-refractivity contribution < 1.29 is 4.74 Å². The number of rotatable bonds is 7. The van der Waals surface area contributed by atoms with Crippen molar-refractivity contribution in [1.82, 2.24) is 4.57 Å². The highest BCUT2D eigenvalue weighted by atomic mass is 16.5. The second kappa shape index (κ2) is 5.98. The van der Waals surface area contributed by atoms with Crippen LogP contribution < -0.4 is 5.73 Å². The van der Waals surface area contributed by atoms with Crippen LogP contribution in [0.15, 0.2) is 30.5 Å². The Labute approximate surface area is 120 Å². The fraction of sp³-hybridized carbons (Fsp3) is 0.529. The van der Waals surface area contributed by atoms with Crippen molar-refractivity contribution in [3.8, 4) is 0 Å². The number of nitrogens with two attached hydrogens (primary N) is 1. The van der Waals surface area contributed by atoms with Crippen LogP contribution in [0.5, 0.6) is 0 Å². The average molecular weight is 272 g/mol. The van der Waals surface area contributed by atoms with Crippen molar-refractivity contribution in [2.24, 2.45) is 11.7 Å². The van der Waals surface area contributed by atoms with E-state index in [0.29, 0.717) is 6.73 Å². The predicted octanol–water partition coefficient (Wildman–Crippen LogP) is 3.31. The highest BCUT2D eigenvalue weighted by Gasteiger charge is 2.21. The molecule has 1 unspecified atom stereocenters. The summed E-state index contributed by atoms with van der Waals surface area (Å²) >= 11 is 0. The van der Waals surface area contributed by atoms with E-state index in [9.17, 15) is 0 Å². The second-order valence-electron chi connectivity index (χ2n) is 5.99. The quantitative estimate of drug-likeness (QED) is 0.840. The average Bonchev–Trinajstić information content (AvgIpc) is 3.20. The van der Waals surface area contributed by atoms with E-state index < -0.39 is 0 Å². The molecule has 0 radical (unpaired) electrons. The molecule has 1 aliphatic carbocycles. The van der Waals surface area contributed by atoms with Gasteiger partial charge in [-0.15, -0.1) is 0 Å². The van der Waals surface area contributed by atoms with E-state index in [-0.39, 0.29) is 6.04 Å². The first-order valence-corrected chi connectivity index (χ1v) is 7.67. The zero-order valence-corrected chi connectivity index (χ0v) is 12.2. The molecule has 1 saturated carbocycles. The molecule has 0 spiro atoms. The molecule has 3 heteroatoms. The second-order valence-corrected chi connectivity index (χ2v) is 5.99. The fourth-order valence-corrected chi connectivity index (χ4v) is 2.52. The fourth-order valence-electron chi connectivity index (χ4n) is 2.52. The van der Waals surface area contributed by atoms with Crippen LogP contribution in [0.4, 0.5) is 0 Å². The lowest BCUT2D eigenvalue weighted by atomic mass is 10.0. The van der Waals surface area contributed by atoms with Crippen molar-refractivity contribution in [3.05, 3.63) is 36.0 Å². The molecule has 1 aromatic carbocycles. The van der Waals surface area contributed by atoms with Gasteiger partial charge in [-0.25, -0.2) is 0 Å². The zero-order valence-electron chi connectivity index (χ0n) is 12.2. The summed E-state index contributed by atoms with van der Waals surface area (Å²) in [4.78, 5) is 0. The zero-order chi connectivity index (χ0) is 13.9. The third-order valence-corrected chi connectivity index (χ3v) is 4.14. The molecule has 20 heavy (non-hydrogen) atoms. The van der Waals surface area contributed by atoms with Gasteiger partial charge in [0.2, 0.25) is 0 Å². The Kier molecular flexibility index (Phi) is 4.08. The molecule has 2 aromatic rings. The maximum Gasteiger partial charge on any atom is 0.122 e. The summed E-state index contributed by atoms with van der Waals surface area (Å²) in [5, 5.41) is 1.27. The number of hydrogen-bond acceptors (Lipinski definition) is 2. The lowest BCUT2D eigenvalue weighted by Crippen LogP contribution is -2.21. The van der Waals surface area contributed by atoms with E-state index in [2.05, 4.69) is 42.0 Å². The van der Waals surface area contributed by atoms with Gasteiger partial charge in [0.05, 0.1) is 12.1 Å². The van der Waals surface area contributed by atoms with Crippen LogP contribution in [-0.2, 0) is 17.9 Å². The maximum absolute atomic E-state index is 6.05. The molecule has 108 valence electrons. The molecule has 0 aliphatic heterocycles. The van der Waals surface area contributed by atoms with Gasteiger partial charge in [-0.1, -0.05) is 19.1 Å². The molecule has 0 saturated heterocycles. The SMILES string of the molecule is CCC(N)Cc1ccc2ccn(COCC3CC3)c2c1. The first-order valence-electron chi connectivity index (χ1n) is 7.67. The minimum atomic E-state index is 0.252. The highest BCUT2D eigenvalue weighted by Crippen LogP contribution is 2.29. The van der Waals surface area contributed by atoms with Crippen LogP contribution in [0.3, 0.4) is 0 Å². The van der Waals surface area contributed by atoms with Crippen LogP contribution in [0, 0.1) is 5.92 Å². The molecule has 1 heterocycles. The van der Waals surface area contributed by atoms with E-state index >= 15 is 0 Å². The summed E-state index contributed by atoms with van der Waals surface area (Å²) in [6.45, 7) is 3.70. The van der Waals surface area contributed by atoms with E-state index in [4.69, 9.17) is 10.5 Å². The minimum absolute atomic E-state index is 0.252. The summed E-state index contributed by atoms with van der Waals surface area (Å²) in [6, 6.07) is 9.03. The van der Waals surface area contributed by atoms with Crippen LogP contribution in [0.1, 0.15) is 31.7 Å². The summed E-state index contributed by atoms with van der Waals surface area (Å²) < 4.78 is 7.98. The van der Waals surface area contributed by atoms with Gasteiger partial charge in [0.25, 0.3) is 0 Å². The van der Waals surface area contributed by atoms with E-state index in [0.717, 1.165) is 25.4 Å². The number of benzene rings is 1. The Bertz CT molecular complexity index is 571. The first kappa shape index (κ1) is 13.7. The van der Waals surface area contributed by atoms with Gasteiger partial charge < -0.3 is 15.0 Å². The number of hydrogen-bond donors (Lipinski definition) is 1. The number of fused-ring (bicyclic) bond motifs is 1. The number of ether oxygens (including phenoxy) is 1. The molecular weight excluding hydrogens is 248 g/mol. The predicted molar refractivity (Wildman–Crippen MR) is 82.6 cm³/mol. The summed E-state index contributed by atoms with van der Waals surface area (Å²) in [5.41, 5.74) is 8.62. The third-order valence-electron chi connectivity index (χ3n) is 4.14. The lowest BCUT2D eigenvalue weighted by molar-refractivity contribution is 0.0718. The van der Waals surface area contributed by atoms with Crippen LogP contribution in [0.2, 0.25) is 0 Å². The van der Waals surface area contributed by atoms with Crippen LogP contribution in [0.25, 0.3) is 10.9 Å². The Morgan fingerprint density at radius 1 is 1.35 bits per heavy atom. The highest BCUT2D eigenvalue weighted by molar-refractivity contribution is 5.80. The smallest absolute Gasteiger partial charge is 0.122 e. The molecule has 3 rings (SSSR count). The Balaban J connectivity index is 1.72. The van der Waals surface area contributed by atoms with Gasteiger partial charge in [0, 0.05) is 12.2 Å². The summed E-state index contributed by atoms with van der Waals surface area (Å²) in [5.74, 6) is 0.815. The van der Waals surface area contributed by atoms with Gasteiger partial charge in [0.1, 0.15) is 6.73 Å². The monoisotopic (exact) mass is 272 g/mol. The molecular formula is C17H24N2O. The standard InChI is InChI=1S/C17H24N2O/c1-2-16(18)9-14-5-6-15-7-8-19(17(15)10-14)12-20-11-13-3-4-13/h5-8,10,13,16H,2-4,9,11-12,18H2,1H3. The van der Waals surface area contributed by atoms with Gasteiger partial charge in [-0.05, 0) is 54.7 Å². The Hall–Kier alpha value is -1.32. The van der Waals surface area contributed by atoms with E-state index in [1.165, 1.54) is 29.3 Å². The van der Waals surface area contributed by atoms with Crippen molar-refractivity contribution in [2.75, 3.05) is 6.61 Å². The number of aromatic nitrogens is 1. The van der Waals surface area contributed by atoms with Gasteiger partial charge in [-0.3, -0.25) is 0 Å². The largest absolute Gasteiger partial charge is 0.360 e. The first-order chi connectivity index (χ1) is 9.76. The summed E-state index contributed by atoms with van der Waals surface area (Å²) in [6.07, 6.45) is 6.75. The van der Waals surface area contributed by atoms with Gasteiger partial charge in [0.15, 0.2) is 0 Å². The topological polar surface area (TPSA) is 40.2 Å². The van der Waals surface area contributed by atoms with Gasteiger partial charge in [-0.2, -0.15) is 0 Å². The van der Waals surface area contributed by atoms with Crippen LogP contribution in [-0.4, -0.2) is 17.2 Å². The molecule has 0 amide bonds. The van der Waals surface area contributed by atoms with Crippen molar-refractivity contribution in [3.63, 3.8) is 0 Å². The number of nitrogens with zero attached hydrogens (tertiary/aromatic N) is 1. The molecule has 1 fully saturated rings. The normalized spacial score (nSPS) is 16.7. The maximum atomic E-state index is 6.05. The molecule has 1 aromatic heterocycles. The van der Waals surface area contributed by atoms with Gasteiger partial charge >= 0.3 is 0 Å². The van der Waals surface area contributed by atoms with Crippen LogP contribution >= 0.6 is 0 Å². The third kappa shape index (κ3) is 3.22. The molecule has 1 aliphatic rings. The van der Waals surface area contributed by atoms with Crippen molar-refractivity contribution in [1.29, 1.82) is 0 Å². The lowest BCUT2D eigenvalue weighted by Gasteiger charge is -2.10. The Morgan fingerprint density at radius 3 is 2.95 bits per heavy atom. The molecule has 1 atom stereocenters. The van der Waals surface area contributed by atoms with Crippen molar-refractivity contribution in [2.45, 2.75) is 45.4 Å². The Morgan fingerprint density at radius 2 is 2.20 bits per heavy atom. The van der Waals surface area contributed by atoms with E-state index in [1.54, 1.807) is 0 Å². The van der Waals surface area contributed by atoms with Crippen molar-refractivity contribution >= 4 is 10.9 Å². The molecule has 2 N–H and O–H groups in total. The molecule has 3 nitrogen and oxygen atoms in total.